The first-order chi connectivity index (χ1) is 15.6. The van der Waals surface area contributed by atoms with Crippen LogP contribution in [-0.2, 0) is 0 Å². The van der Waals surface area contributed by atoms with Crippen LogP contribution in [0.25, 0.3) is 22.2 Å². The zero-order valence-electron chi connectivity index (χ0n) is 17.1. The first-order valence-electron chi connectivity index (χ1n) is 10.1. The SMILES string of the molecule is NCCCCOc1nc(Nc2ccccc2)nc2[nH]c(=O)c(-c3c(Cl)cccc3Cl)cc12. The number of pyridine rings is 1. The Labute approximate surface area is 194 Å². The van der Waals surface area contributed by atoms with Gasteiger partial charge < -0.3 is 20.8 Å². The number of hydrogen-bond donors (Lipinski definition) is 3. The molecule has 4 aromatic rings. The molecule has 0 saturated carbocycles. The molecule has 0 fully saturated rings. The van der Waals surface area contributed by atoms with Gasteiger partial charge >= 0.3 is 0 Å². The number of nitrogens with one attached hydrogen (secondary N) is 2. The highest BCUT2D eigenvalue weighted by Crippen LogP contribution is 2.35. The summed E-state index contributed by atoms with van der Waals surface area (Å²) in [4.78, 5) is 24.7. The first-order valence-corrected chi connectivity index (χ1v) is 10.9. The Morgan fingerprint density at radius 3 is 2.47 bits per heavy atom. The van der Waals surface area contributed by atoms with Gasteiger partial charge in [-0.25, -0.2) is 0 Å². The maximum atomic E-state index is 12.9. The van der Waals surface area contributed by atoms with E-state index in [4.69, 9.17) is 33.7 Å². The van der Waals surface area contributed by atoms with Gasteiger partial charge in [-0.1, -0.05) is 47.5 Å². The second-order valence-electron chi connectivity index (χ2n) is 7.06. The summed E-state index contributed by atoms with van der Waals surface area (Å²) in [5.74, 6) is 0.642. The van der Waals surface area contributed by atoms with Crippen molar-refractivity contribution in [2.75, 3.05) is 18.5 Å². The number of H-pyrrole nitrogens is 1. The molecule has 2 heterocycles. The van der Waals surface area contributed by atoms with Gasteiger partial charge in [0.05, 0.1) is 27.6 Å². The molecule has 164 valence electrons. The number of fused-ring (bicyclic) bond motifs is 1. The van der Waals surface area contributed by atoms with Crippen LogP contribution in [0.3, 0.4) is 0 Å². The van der Waals surface area contributed by atoms with E-state index >= 15 is 0 Å². The lowest BCUT2D eigenvalue weighted by Crippen LogP contribution is -2.12. The summed E-state index contributed by atoms with van der Waals surface area (Å²) >= 11 is 12.7. The number of para-hydroxylation sites is 1. The fourth-order valence-electron chi connectivity index (χ4n) is 3.23. The minimum Gasteiger partial charge on any atom is -0.477 e. The summed E-state index contributed by atoms with van der Waals surface area (Å²) in [6.07, 6.45) is 1.60. The van der Waals surface area contributed by atoms with Crippen LogP contribution in [0.15, 0.2) is 59.4 Å². The highest BCUT2D eigenvalue weighted by atomic mass is 35.5. The summed E-state index contributed by atoms with van der Waals surface area (Å²) in [5.41, 5.74) is 7.11. The van der Waals surface area contributed by atoms with Crippen molar-refractivity contribution < 1.29 is 4.74 Å². The van der Waals surface area contributed by atoms with E-state index in [1.165, 1.54) is 0 Å². The van der Waals surface area contributed by atoms with E-state index in [1.807, 2.05) is 30.3 Å². The van der Waals surface area contributed by atoms with Crippen molar-refractivity contribution in [1.29, 1.82) is 0 Å². The summed E-state index contributed by atoms with van der Waals surface area (Å²) in [7, 11) is 0. The van der Waals surface area contributed by atoms with Crippen LogP contribution in [0.1, 0.15) is 12.8 Å². The van der Waals surface area contributed by atoms with Gasteiger partial charge in [-0.2, -0.15) is 9.97 Å². The van der Waals surface area contributed by atoms with Crippen LogP contribution < -0.4 is 21.3 Å². The van der Waals surface area contributed by atoms with Gasteiger partial charge in [0.25, 0.3) is 5.56 Å². The summed E-state index contributed by atoms with van der Waals surface area (Å²) in [6.45, 7) is 1.01. The molecule has 0 saturated heterocycles. The molecule has 9 heteroatoms. The molecule has 0 aliphatic rings. The number of anilines is 2. The number of aromatic amines is 1. The second kappa shape index (κ2) is 9.99. The van der Waals surface area contributed by atoms with Gasteiger partial charge in [-0.15, -0.1) is 0 Å². The predicted octanol–water partition coefficient (Wildman–Crippen LogP) is 5.15. The lowest BCUT2D eigenvalue weighted by molar-refractivity contribution is 0.300. The monoisotopic (exact) mass is 469 g/mol. The largest absolute Gasteiger partial charge is 0.477 e. The van der Waals surface area contributed by atoms with Crippen LogP contribution >= 0.6 is 23.2 Å². The van der Waals surface area contributed by atoms with Crippen LogP contribution in [-0.4, -0.2) is 28.1 Å². The molecule has 32 heavy (non-hydrogen) atoms. The van der Waals surface area contributed by atoms with E-state index < -0.39 is 0 Å². The van der Waals surface area contributed by atoms with E-state index in [2.05, 4.69) is 20.3 Å². The first kappa shape index (κ1) is 22.1. The van der Waals surface area contributed by atoms with Crippen LogP contribution in [0.4, 0.5) is 11.6 Å². The molecule has 0 atom stereocenters. The molecular weight excluding hydrogens is 449 g/mol. The quantitative estimate of drug-likeness (QED) is 0.308. The number of rotatable bonds is 8. The number of unbranched alkanes of at least 4 members (excludes halogenated alkanes) is 1. The van der Waals surface area contributed by atoms with E-state index in [1.54, 1.807) is 24.3 Å². The summed E-state index contributed by atoms with van der Waals surface area (Å²) < 4.78 is 5.96. The third-order valence-electron chi connectivity index (χ3n) is 4.78. The van der Waals surface area contributed by atoms with Gasteiger partial charge in [-0.3, -0.25) is 4.79 Å². The average molecular weight is 470 g/mol. The Morgan fingerprint density at radius 2 is 1.75 bits per heavy atom. The Bertz CT molecular complexity index is 1270. The minimum atomic E-state index is -0.369. The maximum Gasteiger partial charge on any atom is 0.257 e. The van der Waals surface area contributed by atoms with Crippen molar-refractivity contribution in [3.8, 4) is 17.0 Å². The van der Waals surface area contributed by atoms with Crippen LogP contribution in [0.2, 0.25) is 10.0 Å². The summed E-state index contributed by atoms with van der Waals surface area (Å²) in [6, 6.07) is 16.2. The Balaban J connectivity index is 1.82. The fourth-order valence-corrected chi connectivity index (χ4v) is 3.83. The number of nitrogens with two attached hydrogens (primary N) is 1. The standard InChI is InChI=1S/C23H21Cl2N5O2/c24-17-9-6-10-18(25)19(17)15-13-16-20(28-21(15)31)29-23(27-14-7-2-1-3-8-14)30-22(16)32-12-5-4-11-26/h1-3,6-10,13H,4-5,11-12,26H2,(H2,27,28,29,30,31). The highest BCUT2D eigenvalue weighted by Gasteiger charge is 2.17. The van der Waals surface area contributed by atoms with Crippen LogP contribution in [0, 0.1) is 0 Å². The molecule has 2 aromatic carbocycles. The second-order valence-corrected chi connectivity index (χ2v) is 7.87. The van der Waals surface area contributed by atoms with Crippen molar-refractivity contribution >= 4 is 45.9 Å². The molecular formula is C23H21Cl2N5O2. The topological polar surface area (TPSA) is 106 Å². The molecule has 0 bridgehead atoms. The van der Waals surface area contributed by atoms with Gasteiger partial charge in [0.1, 0.15) is 5.65 Å². The van der Waals surface area contributed by atoms with Gasteiger partial charge in [0.15, 0.2) is 0 Å². The predicted molar refractivity (Wildman–Crippen MR) is 129 cm³/mol. The van der Waals surface area contributed by atoms with Crippen molar-refractivity contribution in [3.05, 3.63) is 75.0 Å². The fraction of sp³-hybridized carbons (Fsp3) is 0.174. The molecule has 0 unspecified atom stereocenters. The van der Waals surface area contributed by atoms with E-state index in [0.29, 0.717) is 57.2 Å². The minimum absolute atomic E-state index is 0.303. The van der Waals surface area contributed by atoms with Gasteiger partial charge in [-0.05, 0) is 49.7 Å². The molecule has 4 N–H and O–H groups in total. The molecule has 2 aromatic heterocycles. The molecule has 0 amide bonds. The molecule has 4 rings (SSSR count). The van der Waals surface area contributed by atoms with E-state index in [0.717, 1.165) is 18.5 Å². The molecule has 7 nitrogen and oxygen atoms in total. The van der Waals surface area contributed by atoms with Gasteiger partial charge in [0.2, 0.25) is 11.8 Å². The number of ether oxygens (including phenoxy) is 1. The number of halogens is 2. The van der Waals surface area contributed by atoms with Crippen molar-refractivity contribution in [3.63, 3.8) is 0 Å². The third kappa shape index (κ3) is 4.85. The van der Waals surface area contributed by atoms with Crippen molar-refractivity contribution in [2.45, 2.75) is 12.8 Å². The zero-order valence-corrected chi connectivity index (χ0v) is 18.6. The normalized spacial score (nSPS) is 11.0. The average Bonchev–Trinajstić information content (AvgIpc) is 2.78. The Kier molecular flexibility index (Phi) is 6.90. The van der Waals surface area contributed by atoms with Gasteiger partial charge in [0, 0.05) is 11.3 Å². The van der Waals surface area contributed by atoms with E-state index in [-0.39, 0.29) is 5.56 Å². The molecule has 0 aliphatic carbocycles. The lowest BCUT2D eigenvalue weighted by Gasteiger charge is -2.13. The molecule has 0 aliphatic heterocycles. The summed E-state index contributed by atoms with van der Waals surface area (Å²) in [5, 5.41) is 4.42. The number of hydrogen-bond acceptors (Lipinski definition) is 6. The van der Waals surface area contributed by atoms with Crippen molar-refractivity contribution in [1.82, 2.24) is 15.0 Å². The number of nitrogens with zero attached hydrogens (tertiary/aromatic N) is 2. The lowest BCUT2D eigenvalue weighted by atomic mass is 10.1. The molecule has 0 spiro atoms. The highest BCUT2D eigenvalue weighted by molar-refractivity contribution is 6.39. The number of benzene rings is 2. The Morgan fingerprint density at radius 1 is 1.00 bits per heavy atom. The number of aromatic nitrogens is 3. The third-order valence-corrected chi connectivity index (χ3v) is 5.41. The zero-order chi connectivity index (χ0) is 22.5. The van der Waals surface area contributed by atoms with Crippen molar-refractivity contribution in [2.24, 2.45) is 5.73 Å². The van der Waals surface area contributed by atoms with Crippen LogP contribution in [0.5, 0.6) is 5.88 Å². The smallest absolute Gasteiger partial charge is 0.257 e. The Hall–Kier alpha value is -3.13. The van der Waals surface area contributed by atoms with E-state index in [9.17, 15) is 4.79 Å². The maximum absolute atomic E-state index is 12.9. The molecule has 0 radical (unpaired) electrons.